The van der Waals surface area contributed by atoms with E-state index in [0.717, 1.165) is 20.7 Å². The summed E-state index contributed by atoms with van der Waals surface area (Å²) in [5.74, 6) is 1.02. The van der Waals surface area contributed by atoms with Crippen LogP contribution in [0.15, 0.2) is 39.7 Å². The molecule has 0 spiro atoms. The monoisotopic (exact) mass is 321 g/mol. The molecular weight excluding hydrogens is 310 g/mol. The van der Waals surface area contributed by atoms with E-state index in [1.165, 1.54) is 16.5 Å². The lowest BCUT2D eigenvalue weighted by Gasteiger charge is -2.05. The van der Waals surface area contributed by atoms with Crippen LogP contribution in [0.4, 0.5) is 0 Å². The van der Waals surface area contributed by atoms with Gasteiger partial charge in [0.05, 0.1) is 10.2 Å². The second kappa shape index (κ2) is 5.68. The number of aromatic nitrogens is 3. The fourth-order valence-electron chi connectivity index (χ4n) is 1.71. The topological polar surface area (TPSA) is 38.7 Å². The maximum absolute atomic E-state index is 6.06. The summed E-state index contributed by atoms with van der Waals surface area (Å²) in [6, 6.07) is 9.89. The molecule has 3 rings (SSSR count). The summed E-state index contributed by atoms with van der Waals surface area (Å²) in [5.41, 5.74) is 1.02. The van der Waals surface area contributed by atoms with Crippen molar-refractivity contribution in [3.63, 3.8) is 0 Å². The molecule has 0 bridgehead atoms. The van der Waals surface area contributed by atoms with Crippen molar-refractivity contribution in [2.75, 3.05) is 0 Å². The molecule has 2 aromatic heterocycles. The normalized spacial score (nSPS) is 11.4. The largest absolute Gasteiger partial charge is 0.229 e. The van der Waals surface area contributed by atoms with Crippen molar-refractivity contribution in [3.8, 4) is 0 Å². The van der Waals surface area contributed by atoms with Gasteiger partial charge in [0.15, 0.2) is 4.34 Å². The Hall–Kier alpha value is -1.17. The van der Waals surface area contributed by atoms with Gasteiger partial charge >= 0.3 is 0 Å². The molecule has 102 valence electrons. The van der Waals surface area contributed by atoms with E-state index in [2.05, 4.69) is 34.9 Å². The van der Waals surface area contributed by atoms with Gasteiger partial charge < -0.3 is 0 Å². The van der Waals surface area contributed by atoms with Gasteiger partial charge in [0.2, 0.25) is 0 Å². The number of hydrogen-bond donors (Lipinski definition) is 0. The van der Waals surface area contributed by atoms with Crippen LogP contribution in [0.2, 0.25) is 5.15 Å². The summed E-state index contributed by atoms with van der Waals surface area (Å²) in [6.07, 6.45) is 0. The minimum absolute atomic E-state index is 0.253. The van der Waals surface area contributed by atoms with E-state index in [-0.39, 0.29) is 5.92 Å². The van der Waals surface area contributed by atoms with Crippen LogP contribution in [0.1, 0.15) is 25.6 Å². The predicted molar refractivity (Wildman–Crippen MR) is 84.9 cm³/mol. The van der Waals surface area contributed by atoms with Crippen molar-refractivity contribution < 1.29 is 0 Å². The molecule has 0 aliphatic heterocycles. The third-order valence-corrected chi connectivity index (χ3v) is 4.88. The van der Waals surface area contributed by atoms with Crippen LogP contribution in [0.25, 0.3) is 10.2 Å². The number of nitrogens with zero attached hydrogens (tertiary/aromatic N) is 3. The van der Waals surface area contributed by atoms with Crippen molar-refractivity contribution in [2.24, 2.45) is 0 Å². The lowest BCUT2D eigenvalue weighted by atomic mass is 10.2. The van der Waals surface area contributed by atoms with E-state index in [0.29, 0.717) is 5.15 Å². The Labute approximate surface area is 130 Å². The molecule has 2 heterocycles. The fourth-order valence-corrected chi connectivity index (χ4v) is 3.98. The quantitative estimate of drug-likeness (QED) is 0.635. The molecule has 0 amide bonds. The first kappa shape index (κ1) is 13.8. The van der Waals surface area contributed by atoms with Gasteiger partial charge in [-0.15, -0.1) is 11.3 Å². The maximum Gasteiger partial charge on any atom is 0.157 e. The SMILES string of the molecule is CC(C)c1nc(Cl)cc(Sc2nc3ccccc3s2)n1. The van der Waals surface area contributed by atoms with Gasteiger partial charge in [-0.2, -0.15) is 0 Å². The third kappa shape index (κ3) is 2.95. The van der Waals surface area contributed by atoms with Gasteiger partial charge in [0.1, 0.15) is 16.0 Å². The Balaban J connectivity index is 1.94. The summed E-state index contributed by atoms with van der Waals surface area (Å²) in [4.78, 5) is 13.4. The number of fused-ring (bicyclic) bond motifs is 1. The van der Waals surface area contributed by atoms with E-state index in [4.69, 9.17) is 11.6 Å². The molecule has 0 saturated heterocycles. The Morgan fingerprint density at radius 1 is 1.15 bits per heavy atom. The van der Waals surface area contributed by atoms with Gasteiger partial charge in [0, 0.05) is 12.0 Å². The average molecular weight is 322 g/mol. The zero-order valence-corrected chi connectivity index (χ0v) is 13.4. The van der Waals surface area contributed by atoms with Crippen molar-refractivity contribution in [1.29, 1.82) is 0 Å². The van der Waals surface area contributed by atoms with Crippen LogP contribution in [0.5, 0.6) is 0 Å². The molecule has 3 nitrogen and oxygen atoms in total. The molecule has 0 saturated carbocycles. The van der Waals surface area contributed by atoms with E-state index in [1.807, 2.05) is 18.2 Å². The van der Waals surface area contributed by atoms with Crippen LogP contribution < -0.4 is 0 Å². The zero-order chi connectivity index (χ0) is 14.1. The van der Waals surface area contributed by atoms with Gasteiger partial charge in [-0.25, -0.2) is 15.0 Å². The minimum atomic E-state index is 0.253. The summed E-state index contributed by atoms with van der Waals surface area (Å²) in [7, 11) is 0. The van der Waals surface area contributed by atoms with Gasteiger partial charge in [-0.05, 0) is 23.9 Å². The summed E-state index contributed by atoms with van der Waals surface area (Å²) in [6.45, 7) is 4.11. The standard InChI is InChI=1S/C14H12ClN3S2/c1-8(2)13-17-11(15)7-12(18-13)20-14-16-9-5-3-4-6-10(9)19-14/h3-8H,1-2H3. The molecule has 1 aromatic carbocycles. The minimum Gasteiger partial charge on any atom is -0.229 e. The molecule has 6 heteroatoms. The highest BCUT2D eigenvalue weighted by Crippen LogP contribution is 2.34. The summed E-state index contributed by atoms with van der Waals surface area (Å²) >= 11 is 9.25. The molecular formula is C14H12ClN3S2. The van der Waals surface area contributed by atoms with Crippen LogP contribution >= 0.6 is 34.7 Å². The highest BCUT2D eigenvalue weighted by Gasteiger charge is 2.10. The van der Waals surface area contributed by atoms with Gasteiger partial charge in [-0.3, -0.25) is 0 Å². The summed E-state index contributed by atoms with van der Waals surface area (Å²) in [5, 5.41) is 1.32. The third-order valence-electron chi connectivity index (χ3n) is 2.67. The molecule has 0 fully saturated rings. The number of hydrogen-bond acceptors (Lipinski definition) is 5. The van der Waals surface area contributed by atoms with Crippen LogP contribution in [-0.2, 0) is 0 Å². The van der Waals surface area contributed by atoms with E-state index < -0.39 is 0 Å². The first-order valence-electron chi connectivity index (χ1n) is 6.20. The second-order valence-electron chi connectivity index (χ2n) is 4.59. The molecule has 3 aromatic rings. The Morgan fingerprint density at radius 2 is 1.95 bits per heavy atom. The number of halogens is 1. The van der Waals surface area contributed by atoms with Crippen molar-refractivity contribution in [3.05, 3.63) is 41.3 Å². The average Bonchev–Trinajstić information content (AvgIpc) is 2.79. The molecule has 0 N–H and O–H groups in total. The van der Waals surface area contributed by atoms with Crippen molar-refractivity contribution in [1.82, 2.24) is 15.0 Å². The highest BCUT2D eigenvalue weighted by atomic mass is 35.5. The first-order valence-corrected chi connectivity index (χ1v) is 8.21. The number of rotatable bonds is 3. The smallest absolute Gasteiger partial charge is 0.157 e. The first-order chi connectivity index (χ1) is 9.61. The van der Waals surface area contributed by atoms with Crippen LogP contribution in [-0.4, -0.2) is 15.0 Å². The lowest BCUT2D eigenvalue weighted by Crippen LogP contribution is -1.98. The number of thiazole rings is 1. The Morgan fingerprint density at radius 3 is 2.70 bits per heavy atom. The number of benzene rings is 1. The van der Waals surface area contributed by atoms with Crippen LogP contribution in [0, 0.1) is 0 Å². The molecule has 0 atom stereocenters. The Bertz CT molecular complexity index is 722. The molecule has 0 radical (unpaired) electrons. The van der Waals surface area contributed by atoms with Crippen LogP contribution in [0.3, 0.4) is 0 Å². The van der Waals surface area contributed by atoms with Gasteiger partial charge in [0.25, 0.3) is 0 Å². The van der Waals surface area contributed by atoms with Crippen molar-refractivity contribution in [2.45, 2.75) is 29.1 Å². The maximum atomic E-state index is 6.06. The Kier molecular flexibility index (Phi) is 3.92. The fraction of sp³-hybridized carbons (Fsp3) is 0.214. The van der Waals surface area contributed by atoms with Gasteiger partial charge in [-0.1, -0.05) is 37.6 Å². The van der Waals surface area contributed by atoms with E-state index >= 15 is 0 Å². The molecule has 0 aliphatic rings. The molecule has 20 heavy (non-hydrogen) atoms. The molecule has 0 unspecified atom stereocenters. The number of para-hydroxylation sites is 1. The lowest BCUT2D eigenvalue weighted by molar-refractivity contribution is 0.753. The highest BCUT2D eigenvalue weighted by molar-refractivity contribution is 8.01. The van der Waals surface area contributed by atoms with E-state index in [9.17, 15) is 0 Å². The zero-order valence-electron chi connectivity index (χ0n) is 11.0. The van der Waals surface area contributed by atoms with Crippen molar-refractivity contribution >= 4 is 44.9 Å². The predicted octanol–water partition coefficient (Wildman–Crippen LogP) is 5.01. The second-order valence-corrected chi connectivity index (χ2v) is 7.28. The van der Waals surface area contributed by atoms with E-state index in [1.54, 1.807) is 17.4 Å². The molecule has 0 aliphatic carbocycles. The summed E-state index contributed by atoms with van der Waals surface area (Å²) < 4.78 is 2.15.